The first kappa shape index (κ1) is 14.8. The van der Waals surface area contributed by atoms with Crippen LogP contribution in [0.3, 0.4) is 0 Å². The van der Waals surface area contributed by atoms with Gasteiger partial charge in [0.15, 0.2) is 0 Å². The van der Waals surface area contributed by atoms with Gasteiger partial charge in [0.05, 0.1) is 18.0 Å². The van der Waals surface area contributed by atoms with Gasteiger partial charge in [-0.25, -0.2) is 0 Å². The number of carbonyl (C=O) groups is 1. The maximum absolute atomic E-state index is 12.3. The number of hydrogen-bond acceptors (Lipinski definition) is 4. The van der Waals surface area contributed by atoms with E-state index in [0.717, 1.165) is 24.5 Å². The predicted molar refractivity (Wildman–Crippen MR) is 82.5 cm³/mol. The molecule has 6 nitrogen and oxygen atoms in total. The molecule has 2 aromatic heterocycles. The molecule has 3 rings (SSSR count). The topological polar surface area (TPSA) is 63.3 Å². The lowest BCUT2D eigenvalue weighted by Gasteiger charge is -2.25. The Hall–Kier alpha value is -2.08. The Morgan fingerprint density at radius 1 is 1.45 bits per heavy atom. The van der Waals surface area contributed by atoms with Crippen LogP contribution in [0.5, 0.6) is 0 Å². The molecule has 1 unspecified atom stereocenters. The first-order valence-corrected chi connectivity index (χ1v) is 7.71. The highest BCUT2D eigenvalue weighted by atomic mass is 16.3. The number of aromatic nitrogens is 2. The van der Waals surface area contributed by atoms with Crippen molar-refractivity contribution in [3.8, 4) is 0 Å². The fourth-order valence-electron chi connectivity index (χ4n) is 3.05. The Balaban J connectivity index is 1.68. The molecule has 22 heavy (non-hydrogen) atoms. The molecule has 1 atom stereocenters. The minimum atomic E-state index is -0.0983. The van der Waals surface area contributed by atoms with Crippen LogP contribution in [-0.4, -0.2) is 40.2 Å². The van der Waals surface area contributed by atoms with Crippen LogP contribution in [0.15, 0.2) is 28.9 Å². The minimum Gasteiger partial charge on any atom is -0.468 e. The molecule has 1 saturated heterocycles. The molecule has 1 amide bonds. The number of likely N-dealkylation sites (tertiary alicyclic amines) is 1. The first-order chi connectivity index (χ1) is 10.6. The molecular weight excluding hydrogens is 280 g/mol. The third kappa shape index (κ3) is 3.06. The Bertz CT molecular complexity index is 627. The summed E-state index contributed by atoms with van der Waals surface area (Å²) in [4.78, 5) is 14.7. The van der Waals surface area contributed by atoms with E-state index in [0.29, 0.717) is 12.2 Å². The number of nitrogens with one attached hydrogen (secondary N) is 1. The van der Waals surface area contributed by atoms with Gasteiger partial charge in [0, 0.05) is 13.6 Å². The predicted octanol–water partition coefficient (Wildman–Crippen LogP) is 1.89. The van der Waals surface area contributed by atoms with Gasteiger partial charge in [0.2, 0.25) is 0 Å². The molecule has 0 spiro atoms. The van der Waals surface area contributed by atoms with Gasteiger partial charge in [-0.2, -0.15) is 5.10 Å². The van der Waals surface area contributed by atoms with E-state index in [1.54, 1.807) is 24.1 Å². The molecule has 1 aliphatic rings. The van der Waals surface area contributed by atoms with Gasteiger partial charge in [0.1, 0.15) is 11.5 Å². The smallest absolute Gasteiger partial charge is 0.269 e. The van der Waals surface area contributed by atoms with Crippen LogP contribution >= 0.6 is 0 Å². The zero-order valence-corrected chi connectivity index (χ0v) is 13.1. The minimum absolute atomic E-state index is 0.0933. The largest absolute Gasteiger partial charge is 0.468 e. The van der Waals surface area contributed by atoms with E-state index in [1.807, 2.05) is 19.1 Å². The zero-order chi connectivity index (χ0) is 15.5. The number of aryl methyl sites for hydroxylation is 2. The van der Waals surface area contributed by atoms with Gasteiger partial charge in [-0.05, 0) is 51.1 Å². The number of hydrogen-bond donors (Lipinski definition) is 1. The fourth-order valence-corrected chi connectivity index (χ4v) is 3.05. The van der Waals surface area contributed by atoms with E-state index < -0.39 is 0 Å². The van der Waals surface area contributed by atoms with Crippen LogP contribution in [0.25, 0.3) is 0 Å². The van der Waals surface area contributed by atoms with Crippen molar-refractivity contribution in [1.29, 1.82) is 0 Å². The molecule has 1 aliphatic heterocycles. The summed E-state index contributed by atoms with van der Waals surface area (Å²) in [6.07, 6.45) is 4.09. The van der Waals surface area contributed by atoms with E-state index in [2.05, 4.69) is 15.3 Å². The van der Waals surface area contributed by atoms with E-state index in [-0.39, 0.29) is 11.9 Å². The Morgan fingerprint density at radius 2 is 2.23 bits per heavy atom. The van der Waals surface area contributed by atoms with Gasteiger partial charge < -0.3 is 9.73 Å². The highest BCUT2D eigenvalue weighted by molar-refractivity contribution is 5.92. The van der Waals surface area contributed by atoms with Crippen molar-refractivity contribution >= 4 is 5.91 Å². The Kier molecular flexibility index (Phi) is 4.29. The van der Waals surface area contributed by atoms with Crippen LogP contribution in [0, 0.1) is 6.92 Å². The van der Waals surface area contributed by atoms with E-state index in [4.69, 9.17) is 4.42 Å². The van der Waals surface area contributed by atoms with Gasteiger partial charge in [-0.15, -0.1) is 0 Å². The van der Waals surface area contributed by atoms with Gasteiger partial charge in [-0.1, -0.05) is 0 Å². The summed E-state index contributed by atoms with van der Waals surface area (Å²) < 4.78 is 7.18. The lowest BCUT2D eigenvalue weighted by Crippen LogP contribution is -2.37. The summed E-state index contributed by atoms with van der Waals surface area (Å²) in [5, 5.41) is 7.23. The molecule has 0 aliphatic carbocycles. The lowest BCUT2D eigenvalue weighted by atomic mass is 10.2. The molecule has 0 bridgehead atoms. The Labute approximate surface area is 130 Å². The number of nitrogens with zero attached hydrogens (tertiary/aromatic N) is 3. The third-order valence-corrected chi connectivity index (χ3v) is 4.14. The van der Waals surface area contributed by atoms with Crippen molar-refractivity contribution in [1.82, 2.24) is 20.0 Å². The van der Waals surface area contributed by atoms with E-state index in [1.165, 1.54) is 12.8 Å². The van der Waals surface area contributed by atoms with Crippen molar-refractivity contribution in [3.05, 3.63) is 41.6 Å². The first-order valence-electron chi connectivity index (χ1n) is 7.71. The summed E-state index contributed by atoms with van der Waals surface area (Å²) in [6, 6.07) is 5.76. The second-order valence-corrected chi connectivity index (χ2v) is 5.78. The van der Waals surface area contributed by atoms with Crippen LogP contribution in [-0.2, 0) is 7.05 Å². The standard InChI is InChI=1S/C16H22N4O2/c1-12-10-13(19(2)18-12)16(21)17-11-14(15-6-5-9-22-15)20-7-3-4-8-20/h5-6,9-10,14H,3-4,7-8,11H2,1-2H3,(H,17,21). The van der Waals surface area contributed by atoms with Gasteiger partial charge in [-0.3, -0.25) is 14.4 Å². The summed E-state index contributed by atoms with van der Waals surface area (Å²) >= 11 is 0. The number of amides is 1. The molecule has 1 fully saturated rings. The average Bonchev–Trinajstić information content (AvgIpc) is 3.21. The maximum atomic E-state index is 12.3. The molecule has 0 radical (unpaired) electrons. The molecule has 3 heterocycles. The van der Waals surface area contributed by atoms with Crippen molar-refractivity contribution in [2.75, 3.05) is 19.6 Å². The molecule has 6 heteroatoms. The van der Waals surface area contributed by atoms with Crippen molar-refractivity contribution in [2.24, 2.45) is 7.05 Å². The SMILES string of the molecule is Cc1cc(C(=O)NCC(c2ccco2)N2CCCC2)n(C)n1. The van der Waals surface area contributed by atoms with Gasteiger partial charge in [0.25, 0.3) is 5.91 Å². The van der Waals surface area contributed by atoms with Crippen molar-refractivity contribution < 1.29 is 9.21 Å². The van der Waals surface area contributed by atoms with Gasteiger partial charge >= 0.3 is 0 Å². The lowest BCUT2D eigenvalue weighted by molar-refractivity contribution is 0.0924. The monoisotopic (exact) mass is 302 g/mol. The Morgan fingerprint density at radius 3 is 2.82 bits per heavy atom. The highest BCUT2D eigenvalue weighted by Crippen LogP contribution is 2.24. The number of furan rings is 1. The molecule has 0 aromatic carbocycles. The molecule has 0 saturated carbocycles. The molecule has 2 aromatic rings. The average molecular weight is 302 g/mol. The quantitative estimate of drug-likeness (QED) is 0.916. The van der Waals surface area contributed by atoms with Crippen molar-refractivity contribution in [3.63, 3.8) is 0 Å². The van der Waals surface area contributed by atoms with Crippen LogP contribution in [0.1, 0.15) is 40.8 Å². The summed E-state index contributed by atoms with van der Waals surface area (Å²) in [6.45, 7) is 4.52. The van der Waals surface area contributed by atoms with Crippen LogP contribution in [0.2, 0.25) is 0 Å². The van der Waals surface area contributed by atoms with Crippen LogP contribution < -0.4 is 5.32 Å². The molecule has 1 N–H and O–H groups in total. The number of rotatable bonds is 5. The summed E-state index contributed by atoms with van der Waals surface area (Å²) in [5.74, 6) is 0.808. The second kappa shape index (κ2) is 6.36. The molecular formula is C16H22N4O2. The normalized spacial score (nSPS) is 16.8. The van der Waals surface area contributed by atoms with Crippen LogP contribution in [0.4, 0.5) is 0 Å². The van der Waals surface area contributed by atoms with E-state index >= 15 is 0 Å². The highest BCUT2D eigenvalue weighted by Gasteiger charge is 2.26. The third-order valence-electron chi connectivity index (χ3n) is 4.14. The summed E-state index contributed by atoms with van der Waals surface area (Å²) in [7, 11) is 1.78. The second-order valence-electron chi connectivity index (χ2n) is 5.78. The summed E-state index contributed by atoms with van der Waals surface area (Å²) in [5.41, 5.74) is 1.42. The zero-order valence-electron chi connectivity index (χ0n) is 13.1. The molecule has 118 valence electrons. The number of carbonyl (C=O) groups excluding carboxylic acids is 1. The fraction of sp³-hybridized carbons (Fsp3) is 0.500. The van der Waals surface area contributed by atoms with Crippen molar-refractivity contribution in [2.45, 2.75) is 25.8 Å². The maximum Gasteiger partial charge on any atom is 0.269 e. The van der Waals surface area contributed by atoms with E-state index in [9.17, 15) is 4.79 Å².